The first kappa shape index (κ1) is 21.0. The molecule has 3 heterocycles. The predicted octanol–water partition coefficient (Wildman–Crippen LogP) is 2.41. The molecule has 144 valence electrons. The number of nitrogens with zero attached hydrogens (tertiary/aromatic N) is 4. The van der Waals surface area contributed by atoms with Crippen molar-refractivity contribution >= 4 is 51.3 Å². The van der Waals surface area contributed by atoms with Crippen molar-refractivity contribution in [3.63, 3.8) is 0 Å². The monoisotopic (exact) mass is 416 g/mol. The molecule has 1 unspecified atom stereocenters. The molecule has 3 N–H and O–H groups in total. The number of carbonyl (C=O) groups is 1. The summed E-state index contributed by atoms with van der Waals surface area (Å²) >= 11 is 3.14. The third kappa shape index (κ3) is 5.62. The van der Waals surface area contributed by atoms with Crippen molar-refractivity contribution in [1.82, 2.24) is 14.9 Å². The van der Waals surface area contributed by atoms with Crippen LogP contribution >= 0.6 is 35.1 Å². The number of rotatable bonds is 7. The highest BCUT2D eigenvalue weighted by Gasteiger charge is 2.20. The smallest absolute Gasteiger partial charge is 0.243 e. The van der Waals surface area contributed by atoms with Gasteiger partial charge in [0, 0.05) is 49.7 Å². The maximum absolute atomic E-state index is 12.0. The average Bonchev–Trinajstić information content (AvgIpc) is 3.28. The highest BCUT2D eigenvalue weighted by atomic mass is 35.5. The van der Waals surface area contributed by atoms with Gasteiger partial charge in [0.1, 0.15) is 0 Å². The van der Waals surface area contributed by atoms with Crippen LogP contribution in [0.5, 0.6) is 0 Å². The molecule has 1 saturated heterocycles. The van der Waals surface area contributed by atoms with Crippen LogP contribution in [0.2, 0.25) is 0 Å². The highest BCUT2D eigenvalue weighted by molar-refractivity contribution is 7.14. The van der Waals surface area contributed by atoms with Crippen LogP contribution in [0.25, 0.3) is 0 Å². The van der Waals surface area contributed by atoms with E-state index in [0.29, 0.717) is 11.6 Å². The van der Waals surface area contributed by atoms with Gasteiger partial charge in [-0.1, -0.05) is 13.3 Å². The zero-order valence-corrected chi connectivity index (χ0v) is 17.2. The molecule has 0 bridgehead atoms. The van der Waals surface area contributed by atoms with Crippen molar-refractivity contribution < 1.29 is 4.79 Å². The van der Waals surface area contributed by atoms with Gasteiger partial charge in [-0.25, -0.2) is 9.97 Å². The second-order valence-corrected chi connectivity index (χ2v) is 7.84. The summed E-state index contributed by atoms with van der Waals surface area (Å²) in [6, 6.07) is -0.462. The molecule has 26 heavy (non-hydrogen) atoms. The Morgan fingerprint density at radius 1 is 1.35 bits per heavy atom. The topological polar surface area (TPSA) is 87.4 Å². The molecule has 3 rings (SSSR count). The van der Waals surface area contributed by atoms with Crippen molar-refractivity contribution in [2.24, 2.45) is 5.73 Å². The first-order valence-electron chi connectivity index (χ1n) is 8.53. The second-order valence-electron chi connectivity index (χ2n) is 6.11. The molecule has 1 amide bonds. The van der Waals surface area contributed by atoms with E-state index in [-0.39, 0.29) is 18.3 Å². The highest BCUT2D eigenvalue weighted by Crippen LogP contribution is 2.21. The van der Waals surface area contributed by atoms with Crippen LogP contribution in [0.1, 0.15) is 25.5 Å². The van der Waals surface area contributed by atoms with Crippen LogP contribution in [0.3, 0.4) is 0 Å². The van der Waals surface area contributed by atoms with E-state index in [1.165, 1.54) is 11.3 Å². The molecule has 1 atom stereocenters. The van der Waals surface area contributed by atoms with Gasteiger partial charge in [0.15, 0.2) is 10.3 Å². The van der Waals surface area contributed by atoms with E-state index in [9.17, 15) is 4.79 Å². The molecular weight excluding hydrogens is 392 g/mol. The standard InChI is InChI=1S/C16H24N6OS2.ClH/c1-2-3-13(17)14(23)20-15-19-12(11-25-15)10-21-5-7-22(8-6-21)16-18-4-9-24-16;/h4,9,11,13H,2-3,5-8,10,17H2,1H3,(H,19,20,23);1H. The molecule has 0 radical (unpaired) electrons. The van der Waals surface area contributed by atoms with E-state index >= 15 is 0 Å². The van der Waals surface area contributed by atoms with E-state index in [2.05, 4.69) is 25.1 Å². The van der Waals surface area contributed by atoms with Gasteiger partial charge in [-0.15, -0.1) is 35.1 Å². The lowest BCUT2D eigenvalue weighted by atomic mass is 10.2. The Morgan fingerprint density at radius 2 is 2.12 bits per heavy atom. The number of halogens is 1. The average molecular weight is 417 g/mol. The summed E-state index contributed by atoms with van der Waals surface area (Å²) in [6.45, 7) is 6.75. The summed E-state index contributed by atoms with van der Waals surface area (Å²) in [5, 5.41) is 8.57. The fourth-order valence-corrected chi connectivity index (χ4v) is 4.18. The largest absolute Gasteiger partial charge is 0.346 e. The number of aromatic nitrogens is 2. The molecule has 2 aromatic heterocycles. The van der Waals surface area contributed by atoms with Crippen LogP contribution in [-0.2, 0) is 11.3 Å². The minimum absolute atomic E-state index is 0. The van der Waals surface area contributed by atoms with E-state index in [4.69, 9.17) is 5.73 Å². The quantitative estimate of drug-likeness (QED) is 0.720. The lowest BCUT2D eigenvalue weighted by Gasteiger charge is -2.34. The third-order valence-corrected chi connectivity index (χ3v) is 5.80. The Bertz CT molecular complexity index is 672. The number of carbonyl (C=O) groups excluding carboxylic acids is 1. The van der Waals surface area contributed by atoms with Gasteiger partial charge in [0.25, 0.3) is 0 Å². The maximum Gasteiger partial charge on any atom is 0.243 e. The zero-order chi connectivity index (χ0) is 17.6. The maximum atomic E-state index is 12.0. The number of nitrogens with two attached hydrogens (primary N) is 1. The Labute approximate surface area is 168 Å². The lowest BCUT2D eigenvalue weighted by Crippen LogP contribution is -2.46. The fraction of sp³-hybridized carbons (Fsp3) is 0.562. The van der Waals surface area contributed by atoms with Crippen LogP contribution in [0.4, 0.5) is 10.3 Å². The van der Waals surface area contributed by atoms with E-state index in [1.54, 1.807) is 11.3 Å². The summed E-state index contributed by atoms with van der Waals surface area (Å²) in [5.74, 6) is -0.153. The molecule has 0 spiro atoms. The summed E-state index contributed by atoms with van der Waals surface area (Å²) in [7, 11) is 0. The fourth-order valence-electron chi connectivity index (χ4n) is 2.78. The Morgan fingerprint density at radius 3 is 2.77 bits per heavy atom. The Hall–Kier alpha value is -1.26. The number of nitrogens with one attached hydrogen (secondary N) is 1. The van der Waals surface area contributed by atoms with Crippen LogP contribution < -0.4 is 16.0 Å². The van der Waals surface area contributed by atoms with Crippen LogP contribution in [0, 0.1) is 0 Å². The number of hydrogen-bond donors (Lipinski definition) is 2. The first-order valence-corrected chi connectivity index (χ1v) is 10.3. The van der Waals surface area contributed by atoms with E-state index < -0.39 is 6.04 Å². The van der Waals surface area contributed by atoms with E-state index in [1.807, 2.05) is 23.9 Å². The SMILES string of the molecule is CCCC(N)C(=O)Nc1nc(CN2CCN(c3nccs3)CC2)cs1.Cl. The van der Waals surface area contributed by atoms with E-state index in [0.717, 1.165) is 50.0 Å². The summed E-state index contributed by atoms with van der Waals surface area (Å²) < 4.78 is 0. The lowest BCUT2D eigenvalue weighted by molar-refractivity contribution is -0.117. The molecule has 2 aromatic rings. The summed E-state index contributed by atoms with van der Waals surface area (Å²) in [4.78, 5) is 25.6. The molecule has 1 aliphatic heterocycles. The first-order chi connectivity index (χ1) is 12.2. The van der Waals surface area contributed by atoms with Gasteiger partial charge in [0.2, 0.25) is 5.91 Å². The third-order valence-electron chi connectivity index (χ3n) is 4.17. The van der Waals surface area contributed by atoms with Crippen molar-refractivity contribution in [1.29, 1.82) is 0 Å². The normalized spacial score (nSPS) is 16.2. The predicted molar refractivity (Wildman–Crippen MR) is 110 cm³/mol. The number of piperazine rings is 1. The summed E-state index contributed by atoms with van der Waals surface area (Å²) in [6.07, 6.45) is 3.43. The molecular formula is C16H25ClN6OS2. The minimum atomic E-state index is -0.462. The summed E-state index contributed by atoms with van der Waals surface area (Å²) in [5.41, 5.74) is 6.83. The zero-order valence-electron chi connectivity index (χ0n) is 14.8. The Balaban J connectivity index is 0.00000243. The van der Waals surface area contributed by atoms with Gasteiger partial charge in [-0.05, 0) is 6.42 Å². The Kier molecular flexibility index (Phi) is 8.23. The van der Waals surface area contributed by atoms with Crippen molar-refractivity contribution in [2.75, 3.05) is 36.4 Å². The van der Waals surface area contributed by atoms with Gasteiger partial charge in [0.05, 0.1) is 11.7 Å². The van der Waals surface area contributed by atoms with Crippen molar-refractivity contribution in [2.45, 2.75) is 32.4 Å². The molecule has 10 heteroatoms. The van der Waals surface area contributed by atoms with Crippen molar-refractivity contribution in [3.05, 3.63) is 22.7 Å². The minimum Gasteiger partial charge on any atom is -0.346 e. The number of amides is 1. The molecule has 0 aromatic carbocycles. The van der Waals surface area contributed by atoms with Gasteiger partial charge in [-0.3, -0.25) is 9.69 Å². The second kappa shape index (κ2) is 10.2. The van der Waals surface area contributed by atoms with Crippen LogP contribution in [-0.4, -0.2) is 53.0 Å². The molecule has 1 aliphatic rings. The molecule has 7 nitrogen and oxygen atoms in total. The van der Waals surface area contributed by atoms with Gasteiger partial charge < -0.3 is 16.0 Å². The number of anilines is 2. The molecule has 1 fully saturated rings. The molecule has 0 aliphatic carbocycles. The van der Waals surface area contributed by atoms with Gasteiger partial charge in [-0.2, -0.15) is 0 Å². The number of thiazole rings is 2. The van der Waals surface area contributed by atoms with Crippen molar-refractivity contribution in [3.8, 4) is 0 Å². The molecule has 0 saturated carbocycles. The number of hydrogen-bond acceptors (Lipinski definition) is 8. The van der Waals surface area contributed by atoms with Gasteiger partial charge >= 0.3 is 0 Å². The van der Waals surface area contributed by atoms with Crippen LogP contribution in [0.15, 0.2) is 17.0 Å².